The highest BCUT2D eigenvalue weighted by Crippen LogP contribution is 2.18. The third kappa shape index (κ3) is 6.31. The topological polar surface area (TPSA) is 47.6 Å². The normalized spacial score (nSPS) is 11.6. The number of thioether (sulfide) groups is 1. The van der Waals surface area contributed by atoms with E-state index in [1.165, 1.54) is 6.07 Å². The molecule has 2 aromatic rings. The third-order valence-electron chi connectivity index (χ3n) is 3.50. The zero-order chi connectivity index (χ0) is 18.1. The molecule has 0 saturated carbocycles. The lowest BCUT2D eigenvalue weighted by molar-refractivity contribution is -0.127. The number of ether oxygens (including phenoxy) is 2. The molecule has 0 spiro atoms. The standard InChI is InChI=1S/C19H22FNO3S/c1-14(24-17-9-7-16(23-2)8-10-17)19(22)21-11-12-25-13-15-5-3-4-6-18(15)20/h3-10,14H,11-13H2,1-2H3,(H,21,22)/t14-/m1/s1. The lowest BCUT2D eigenvalue weighted by Gasteiger charge is -2.15. The van der Waals surface area contributed by atoms with Crippen LogP contribution < -0.4 is 14.8 Å². The van der Waals surface area contributed by atoms with Crippen molar-refractivity contribution in [3.63, 3.8) is 0 Å². The van der Waals surface area contributed by atoms with E-state index in [0.717, 1.165) is 5.75 Å². The Bertz CT molecular complexity index is 679. The Kier molecular flexibility index (Phi) is 7.60. The van der Waals surface area contributed by atoms with E-state index in [4.69, 9.17) is 9.47 Å². The summed E-state index contributed by atoms with van der Waals surface area (Å²) < 4.78 is 24.2. The monoisotopic (exact) mass is 363 g/mol. The van der Waals surface area contributed by atoms with E-state index in [2.05, 4.69) is 5.32 Å². The summed E-state index contributed by atoms with van der Waals surface area (Å²) in [6.45, 7) is 2.21. The summed E-state index contributed by atoms with van der Waals surface area (Å²) in [4.78, 5) is 12.0. The van der Waals surface area contributed by atoms with Crippen LogP contribution in [0.4, 0.5) is 4.39 Å². The minimum absolute atomic E-state index is 0.178. The average Bonchev–Trinajstić information content (AvgIpc) is 2.63. The Balaban J connectivity index is 1.66. The van der Waals surface area contributed by atoms with Crippen LogP contribution in [0.25, 0.3) is 0 Å². The number of carbonyl (C=O) groups is 1. The Morgan fingerprint density at radius 2 is 1.84 bits per heavy atom. The molecule has 1 atom stereocenters. The van der Waals surface area contributed by atoms with E-state index < -0.39 is 6.10 Å². The Morgan fingerprint density at radius 3 is 2.52 bits per heavy atom. The predicted molar refractivity (Wildman–Crippen MR) is 98.7 cm³/mol. The molecule has 1 amide bonds. The second-order valence-electron chi connectivity index (χ2n) is 5.37. The maximum atomic E-state index is 13.5. The number of hydrogen-bond acceptors (Lipinski definition) is 4. The van der Waals surface area contributed by atoms with Crippen LogP contribution >= 0.6 is 11.8 Å². The van der Waals surface area contributed by atoms with Crippen LogP contribution in [0.5, 0.6) is 11.5 Å². The highest BCUT2D eigenvalue weighted by molar-refractivity contribution is 7.98. The number of carbonyl (C=O) groups excluding carboxylic acids is 1. The minimum atomic E-state index is -0.593. The molecule has 0 heterocycles. The fourth-order valence-corrected chi connectivity index (χ4v) is 2.94. The van der Waals surface area contributed by atoms with E-state index in [9.17, 15) is 9.18 Å². The van der Waals surface area contributed by atoms with Gasteiger partial charge in [0.2, 0.25) is 0 Å². The molecule has 0 aromatic heterocycles. The van der Waals surface area contributed by atoms with E-state index in [0.29, 0.717) is 29.4 Å². The molecule has 0 saturated heterocycles. The number of methoxy groups -OCH3 is 1. The molecule has 2 rings (SSSR count). The molecule has 0 unspecified atom stereocenters. The van der Waals surface area contributed by atoms with E-state index in [1.54, 1.807) is 62.2 Å². The Hall–Kier alpha value is -2.21. The Labute approximate surface area is 151 Å². The zero-order valence-electron chi connectivity index (χ0n) is 14.3. The van der Waals surface area contributed by atoms with Crippen LogP contribution in [0.15, 0.2) is 48.5 Å². The summed E-state index contributed by atoms with van der Waals surface area (Å²) in [5.41, 5.74) is 0.676. The molecule has 2 aromatic carbocycles. The quantitative estimate of drug-likeness (QED) is 0.691. The lowest BCUT2D eigenvalue weighted by atomic mass is 10.2. The summed E-state index contributed by atoms with van der Waals surface area (Å²) in [5, 5.41) is 2.82. The number of benzene rings is 2. The van der Waals surface area contributed by atoms with Gasteiger partial charge < -0.3 is 14.8 Å². The SMILES string of the molecule is COc1ccc(O[C@H](C)C(=O)NCCSCc2ccccc2F)cc1. The van der Waals surface area contributed by atoms with Crippen molar-refractivity contribution >= 4 is 17.7 Å². The molecule has 6 heteroatoms. The number of rotatable bonds is 9. The first-order valence-corrected chi connectivity index (χ1v) is 9.15. The first-order chi connectivity index (χ1) is 12.1. The van der Waals surface area contributed by atoms with Crippen molar-refractivity contribution in [3.05, 3.63) is 59.9 Å². The van der Waals surface area contributed by atoms with Gasteiger partial charge in [0.05, 0.1) is 7.11 Å². The second kappa shape index (κ2) is 9.93. The second-order valence-corrected chi connectivity index (χ2v) is 6.48. The summed E-state index contributed by atoms with van der Waals surface area (Å²) in [6, 6.07) is 13.8. The molecule has 0 fully saturated rings. The fourth-order valence-electron chi connectivity index (χ4n) is 2.10. The molecule has 134 valence electrons. The van der Waals surface area contributed by atoms with Crippen molar-refractivity contribution in [2.75, 3.05) is 19.4 Å². The van der Waals surface area contributed by atoms with E-state index in [-0.39, 0.29) is 11.7 Å². The van der Waals surface area contributed by atoms with Gasteiger partial charge in [-0.25, -0.2) is 4.39 Å². The molecule has 1 N–H and O–H groups in total. The first kappa shape index (κ1) is 19.1. The minimum Gasteiger partial charge on any atom is -0.497 e. The smallest absolute Gasteiger partial charge is 0.260 e. The number of halogens is 1. The van der Waals surface area contributed by atoms with E-state index in [1.807, 2.05) is 6.07 Å². The van der Waals surface area contributed by atoms with Gasteiger partial charge in [-0.3, -0.25) is 4.79 Å². The number of nitrogens with one attached hydrogen (secondary N) is 1. The van der Waals surface area contributed by atoms with Gasteiger partial charge in [0, 0.05) is 18.1 Å². The summed E-state index contributed by atoms with van der Waals surface area (Å²) in [5.74, 6) is 2.26. The van der Waals surface area contributed by atoms with Gasteiger partial charge in [0.25, 0.3) is 5.91 Å². The van der Waals surface area contributed by atoms with Gasteiger partial charge in [-0.05, 0) is 42.8 Å². The highest BCUT2D eigenvalue weighted by Gasteiger charge is 2.14. The molecular formula is C19H22FNO3S. The van der Waals surface area contributed by atoms with Crippen LogP contribution in [-0.4, -0.2) is 31.4 Å². The average molecular weight is 363 g/mol. The van der Waals surface area contributed by atoms with Crippen LogP contribution in [0, 0.1) is 5.82 Å². The summed E-state index contributed by atoms with van der Waals surface area (Å²) in [7, 11) is 1.59. The van der Waals surface area contributed by atoms with Crippen LogP contribution in [0.2, 0.25) is 0 Å². The van der Waals surface area contributed by atoms with Crippen molar-refractivity contribution in [2.24, 2.45) is 0 Å². The van der Waals surface area contributed by atoms with Crippen molar-refractivity contribution in [1.29, 1.82) is 0 Å². The van der Waals surface area contributed by atoms with Crippen molar-refractivity contribution < 1.29 is 18.7 Å². The summed E-state index contributed by atoms with van der Waals surface area (Å²) in [6.07, 6.45) is -0.593. The van der Waals surface area contributed by atoms with Gasteiger partial charge >= 0.3 is 0 Å². The maximum absolute atomic E-state index is 13.5. The number of hydrogen-bond donors (Lipinski definition) is 1. The van der Waals surface area contributed by atoms with Crippen LogP contribution in [-0.2, 0) is 10.5 Å². The predicted octanol–water partition coefficient (Wildman–Crippen LogP) is 3.65. The van der Waals surface area contributed by atoms with Gasteiger partial charge in [-0.15, -0.1) is 0 Å². The largest absolute Gasteiger partial charge is 0.497 e. The zero-order valence-corrected chi connectivity index (χ0v) is 15.1. The number of amides is 1. The molecule has 0 bridgehead atoms. The van der Waals surface area contributed by atoms with Gasteiger partial charge in [0.15, 0.2) is 6.10 Å². The molecule has 0 radical (unpaired) electrons. The van der Waals surface area contributed by atoms with E-state index >= 15 is 0 Å². The maximum Gasteiger partial charge on any atom is 0.260 e. The Morgan fingerprint density at radius 1 is 1.16 bits per heavy atom. The molecule has 0 aliphatic carbocycles. The molecule has 0 aliphatic rings. The molecular weight excluding hydrogens is 341 g/mol. The third-order valence-corrected chi connectivity index (χ3v) is 4.51. The lowest BCUT2D eigenvalue weighted by Crippen LogP contribution is -2.37. The van der Waals surface area contributed by atoms with Crippen molar-refractivity contribution in [2.45, 2.75) is 18.8 Å². The fraction of sp³-hybridized carbons (Fsp3) is 0.316. The van der Waals surface area contributed by atoms with Crippen LogP contribution in [0.1, 0.15) is 12.5 Å². The van der Waals surface area contributed by atoms with Crippen molar-refractivity contribution in [3.8, 4) is 11.5 Å². The first-order valence-electron chi connectivity index (χ1n) is 7.99. The van der Waals surface area contributed by atoms with Gasteiger partial charge in [0.1, 0.15) is 17.3 Å². The highest BCUT2D eigenvalue weighted by atomic mass is 32.2. The van der Waals surface area contributed by atoms with Gasteiger partial charge in [-0.2, -0.15) is 11.8 Å². The molecule has 4 nitrogen and oxygen atoms in total. The van der Waals surface area contributed by atoms with Crippen molar-refractivity contribution in [1.82, 2.24) is 5.32 Å². The summed E-state index contributed by atoms with van der Waals surface area (Å²) >= 11 is 1.57. The molecule has 25 heavy (non-hydrogen) atoms. The van der Waals surface area contributed by atoms with Crippen LogP contribution in [0.3, 0.4) is 0 Å². The van der Waals surface area contributed by atoms with Gasteiger partial charge in [-0.1, -0.05) is 18.2 Å². The molecule has 0 aliphatic heterocycles.